The molecule has 1 aliphatic heterocycles. The van der Waals surface area contributed by atoms with E-state index in [0.29, 0.717) is 5.56 Å². The van der Waals surface area contributed by atoms with Gasteiger partial charge in [-0.15, -0.1) is 0 Å². The highest BCUT2D eigenvalue weighted by molar-refractivity contribution is 5.88. The summed E-state index contributed by atoms with van der Waals surface area (Å²) in [5, 5.41) is 17.2. The molecular weight excluding hydrogens is 583 g/mol. The van der Waals surface area contributed by atoms with Crippen molar-refractivity contribution in [2.75, 3.05) is 0 Å². The average molecular weight is 618 g/mol. The Hall–Kier alpha value is -5.69. The number of benzene rings is 6. The molecule has 0 amide bonds. The maximum atomic E-state index is 9.43. The zero-order valence-corrected chi connectivity index (χ0v) is 27.0. The number of nitrogens with zero attached hydrogens (tertiary/aromatic N) is 1. The highest BCUT2D eigenvalue weighted by Crippen LogP contribution is 2.62. The fourth-order valence-electron chi connectivity index (χ4n) is 8.63. The largest absolute Gasteiger partial charge is 0.366 e. The molecule has 2 unspecified atom stereocenters. The van der Waals surface area contributed by atoms with Crippen molar-refractivity contribution < 1.29 is 0 Å². The summed E-state index contributed by atoms with van der Waals surface area (Å²) in [5.41, 5.74) is 15.4. The number of nitrogens with one attached hydrogen (secondary N) is 2. The van der Waals surface area contributed by atoms with Gasteiger partial charge in [-0.3, -0.25) is 5.32 Å². The first kappa shape index (κ1) is 28.5. The van der Waals surface area contributed by atoms with Crippen LogP contribution in [0.3, 0.4) is 0 Å². The van der Waals surface area contributed by atoms with Crippen LogP contribution in [0.5, 0.6) is 0 Å². The first-order valence-electron chi connectivity index (χ1n) is 16.7. The number of hydrogen-bond donors (Lipinski definition) is 2. The van der Waals surface area contributed by atoms with E-state index < -0.39 is 5.41 Å². The first-order valence-corrected chi connectivity index (χ1v) is 16.7. The number of fused-ring (bicyclic) bond motifs is 9. The van der Waals surface area contributed by atoms with Gasteiger partial charge in [0.05, 0.1) is 23.1 Å². The van der Waals surface area contributed by atoms with Crippen LogP contribution in [0.2, 0.25) is 0 Å². The Labute approximate surface area is 282 Å². The summed E-state index contributed by atoms with van der Waals surface area (Å²) in [6.45, 7) is 4.73. The lowest BCUT2D eigenvalue weighted by Gasteiger charge is -2.46. The van der Waals surface area contributed by atoms with Gasteiger partial charge in [0.15, 0.2) is 0 Å². The van der Waals surface area contributed by atoms with E-state index in [-0.39, 0.29) is 17.6 Å². The second-order valence-electron chi connectivity index (χ2n) is 13.7. The van der Waals surface area contributed by atoms with Gasteiger partial charge in [0.25, 0.3) is 0 Å². The third-order valence-corrected chi connectivity index (χ3v) is 10.9. The fourth-order valence-corrected chi connectivity index (χ4v) is 8.63. The van der Waals surface area contributed by atoms with E-state index in [2.05, 4.69) is 170 Å². The van der Waals surface area contributed by atoms with Gasteiger partial charge in [-0.1, -0.05) is 147 Å². The standard InChI is InChI=1S/C45H35N3/c1-44(2)36-16-8-10-18-38(36)45(39-19-11-9-17-37(39)44)35-15-7-6-14-33(35)34-25-24-32(26-40(34)45)43-47-41(30-12-4-3-5-13-30)27-42(48-43)31-22-20-29(28-46)21-23-31/h3-27,42-43,47-48H,1-2H3. The molecule has 1 spiro atoms. The van der Waals surface area contributed by atoms with E-state index in [1.807, 2.05) is 12.1 Å². The first-order chi connectivity index (χ1) is 23.5. The maximum Gasteiger partial charge on any atom is 0.104 e. The van der Waals surface area contributed by atoms with Gasteiger partial charge in [0.2, 0.25) is 0 Å². The van der Waals surface area contributed by atoms with Crippen LogP contribution in [0.1, 0.15) is 81.7 Å². The van der Waals surface area contributed by atoms with Gasteiger partial charge < -0.3 is 5.32 Å². The van der Waals surface area contributed by atoms with Gasteiger partial charge in [-0.25, -0.2) is 0 Å². The summed E-state index contributed by atoms with van der Waals surface area (Å²) < 4.78 is 0. The Balaban J connectivity index is 1.25. The minimum absolute atomic E-state index is 0.0458. The molecule has 2 aliphatic carbocycles. The minimum Gasteiger partial charge on any atom is -0.366 e. The van der Waals surface area contributed by atoms with E-state index in [1.54, 1.807) is 0 Å². The summed E-state index contributed by atoms with van der Waals surface area (Å²) in [6.07, 6.45) is 2.11. The normalized spacial score (nSPS) is 19.1. The number of nitriles is 1. The van der Waals surface area contributed by atoms with Crippen molar-refractivity contribution in [2.45, 2.75) is 36.9 Å². The molecule has 0 saturated heterocycles. The second-order valence-corrected chi connectivity index (χ2v) is 13.7. The number of rotatable bonds is 3. The van der Waals surface area contributed by atoms with Crippen molar-refractivity contribution in [3.05, 3.63) is 207 Å². The highest BCUT2D eigenvalue weighted by Gasteiger charge is 2.53. The van der Waals surface area contributed by atoms with Gasteiger partial charge in [0, 0.05) is 11.1 Å². The van der Waals surface area contributed by atoms with Gasteiger partial charge in [0.1, 0.15) is 6.17 Å². The lowest BCUT2D eigenvalue weighted by atomic mass is 9.55. The summed E-state index contributed by atoms with van der Waals surface area (Å²) in [5.74, 6) is 0. The Kier molecular flexibility index (Phi) is 6.34. The molecule has 0 aromatic heterocycles. The SMILES string of the molecule is CC1(C)c2ccccc2C2(c3ccccc3-c3ccc(C4NC(c5ccccc5)=CC(c5ccc(C#N)cc5)N4)cc32)c2ccccc21. The molecule has 0 bridgehead atoms. The maximum absolute atomic E-state index is 9.43. The predicted octanol–water partition coefficient (Wildman–Crippen LogP) is 9.53. The van der Waals surface area contributed by atoms with Crippen molar-refractivity contribution in [1.82, 2.24) is 10.6 Å². The molecule has 1 heterocycles. The van der Waals surface area contributed by atoms with Crippen LogP contribution >= 0.6 is 0 Å². The summed E-state index contributed by atoms with van der Waals surface area (Å²) >= 11 is 0. The zero-order chi connectivity index (χ0) is 32.5. The molecule has 6 aromatic rings. The van der Waals surface area contributed by atoms with Gasteiger partial charge >= 0.3 is 0 Å². The zero-order valence-electron chi connectivity index (χ0n) is 27.0. The summed E-state index contributed by atoms with van der Waals surface area (Å²) in [4.78, 5) is 0. The molecule has 2 atom stereocenters. The van der Waals surface area contributed by atoms with Crippen LogP contribution in [0, 0.1) is 11.3 Å². The smallest absolute Gasteiger partial charge is 0.104 e. The van der Waals surface area contributed by atoms with Crippen LogP contribution in [0.4, 0.5) is 0 Å². The summed E-state index contributed by atoms with van der Waals surface area (Å²) in [6, 6.07) is 54.9. The molecule has 0 saturated carbocycles. The van der Waals surface area contributed by atoms with E-state index in [0.717, 1.165) is 16.8 Å². The van der Waals surface area contributed by atoms with Gasteiger partial charge in [-0.05, 0) is 79.4 Å². The summed E-state index contributed by atoms with van der Waals surface area (Å²) in [7, 11) is 0. The lowest BCUT2D eigenvalue weighted by molar-refractivity contribution is 0.442. The van der Waals surface area contributed by atoms with Crippen LogP contribution in [0.15, 0.2) is 152 Å². The molecular formula is C45H35N3. The monoisotopic (exact) mass is 617 g/mol. The lowest BCUT2D eigenvalue weighted by Crippen LogP contribution is -2.41. The van der Waals surface area contributed by atoms with Crippen molar-refractivity contribution in [2.24, 2.45) is 0 Å². The topological polar surface area (TPSA) is 47.9 Å². The third kappa shape index (κ3) is 4.03. The van der Waals surface area contributed by atoms with E-state index >= 15 is 0 Å². The molecule has 3 aliphatic rings. The van der Waals surface area contributed by atoms with E-state index in [9.17, 15) is 5.26 Å². The van der Waals surface area contributed by atoms with Crippen LogP contribution in [0.25, 0.3) is 16.8 Å². The Bertz CT molecular complexity index is 2240. The quantitative estimate of drug-likeness (QED) is 0.208. The molecule has 0 fully saturated rings. The molecule has 48 heavy (non-hydrogen) atoms. The molecule has 2 N–H and O–H groups in total. The molecule has 3 heteroatoms. The Morgan fingerprint density at radius 3 is 1.79 bits per heavy atom. The molecule has 6 aromatic carbocycles. The van der Waals surface area contributed by atoms with Crippen LogP contribution in [-0.2, 0) is 10.8 Å². The van der Waals surface area contributed by atoms with Gasteiger partial charge in [-0.2, -0.15) is 5.26 Å². The van der Waals surface area contributed by atoms with E-state index in [4.69, 9.17) is 0 Å². The molecule has 230 valence electrons. The van der Waals surface area contributed by atoms with Crippen LogP contribution in [-0.4, -0.2) is 0 Å². The van der Waals surface area contributed by atoms with Crippen molar-refractivity contribution in [1.29, 1.82) is 5.26 Å². The minimum atomic E-state index is -0.441. The number of hydrogen-bond acceptors (Lipinski definition) is 3. The average Bonchev–Trinajstić information content (AvgIpc) is 3.44. The Morgan fingerprint density at radius 1 is 0.562 bits per heavy atom. The second kappa shape index (κ2) is 10.7. The fraction of sp³-hybridized carbons (Fsp3) is 0.133. The van der Waals surface area contributed by atoms with Crippen LogP contribution < -0.4 is 10.6 Å². The highest BCUT2D eigenvalue weighted by atomic mass is 15.2. The molecule has 3 nitrogen and oxygen atoms in total. The third-order valence-electron chi connectivity index (χ3n) is 10.9. The van der Waals surface area contributed by atoms with Crippen molar-refractivity contribution >= 4 is 5.70 Å². The van der Waals surface area contributed by atoms with Crippen molar-refractivity contribution in [3.63, 3.8) is 0 Å². The Morgan fingerprint density at radius 2 is 1.12 bits per heavy atom. The predicted molar refractivity (Wildman–Crippen MR) is 193 cm³/mol. The molecule has 0 radical (unpaired) electrons. The van der Waals surface area contributed by atoms with Crippen molar-refractivity contribution in [3.8, 4) is 17.2 Å². The van der Waals surface area contributed by atoms with E-state index in [1.165, 1.54) is 50.1 Å². The molecule has 9 rings (SSSR count).